The van der Waals surface area contributed by atoms with Crippen molar-refractivity contribution in [3.05, 3.63) is 53.6 Å². The monoisotopic (exact) mass is 535 g/mol. The van der Waals surface area contributed by atoms with Gasteiger partial charge in [0.1, 0.15) is 6.04 Å². The molecular weight excluding hydrogens is 502 g/mol. The van der Waals surface area contributed by atoms with Crippen LogP contribution in [-0.4, -0.2) is 96.9 Å². The van der Waals surface area contributed by atoms with Gasteiger partial charge in [-0.25, -0.2) is 0 Å². The Kier molecular flexibility index (Phi) is 8.08. The number of piperazine rings is 2. The third-order valence-corrected chi connectivity index (χ3v) is 7.27. The number of fused-ring (bicyclic) bond motifs is 1. The van der Waals surface area contributed by atoms with E-state index in [-0.39, 0.29) is 43.3 Å². The molecule has 3 heterocycles. The van der Waals surface area contributed by atoms with E-state index in [4.69, 9.17) is 9.47 Å². The molecule has 0 radical (unpaired) electrons. The van der Waals surface area contributed by atoms with Gasteiger partial charge in [0.2, 0.25) is 24.5 Å². The number of nitrogens with zero attached hydrogens (tertiary/aromatic N) is 3. The van der Waals surface area contributed by atoms with Gasteiger partial charge in [0.05, 0.1) is 13.0 Å². The van der Waals surface area contributed by atoms with Crippen molar-refractivity contribution in [2.75, 3.05) is 57.9 Å². The average Bonchev–Trinajstić information content (AvgIpc) is 3.39. The predicted octanol–water partition coefficient (Wildman–Crippen LogP) is 1.09. The Morgan fingerprint density at radius 2 is 1.67 bits per heavy atom. The van der Waals surface area contributed by atoms with Gasteiger partial charge in [0, 0.05) is 57.1 Å². The summed E-state index contributed by atoms with van der Waals surface area (Å²) in [6, 6.07) is 11.7. The normalized spacial score (nSPS) is 19.5. The molecule has 2 N–H and O–H groups in total. The lowest BCUT2D eigenvalue weighted by atomic mass is 10.1. The summed E-state index contributed by atoms with van der Waals surface area (Å²) in [6.45, 7) is 6.55. The van der Waals surface area contributed by atoms with Gasteiger partial charge in [0.25, 0.3) is 0 Å². The molecule has 3 aliphatic rings. The third-order valence-electron chi connectivity index (χ3n) is 7.27. The molecule has 1 atom stereocenters. The number of ether oxygens (including phenoxy) is 2. The number of nitrogens with one attached hydrogen (secondary N) is 2. The minimum Gasteiger partial charge on any atom is -0.454 e. The number of hydrogen-bond donors (Lipinski definition) is 2. The number of anilines is 1. The van der Waals surface area contributed by atoms with Gasteiger partial charge in [0.15, 0.2) is 17.3 Å². The summed E-state index contributed by atoms with van der Waals surface area (Å²) in [5.41, 5.74) is 2.22. The van der Waals surface area contributed by atoms with Gasteiger partial charge >= 0.3 is 0 Å². The highest BCUT2D eigenvalue weighted by molar-refractivity contribution is 5.98. The Hall–Kier alpha value is -3.96. The average molecular weight is 536 g/mol. The summed E-state index contributed by atoms with van der Waals surface area (Å²) in [5.74, 6) is 0.626. The van der Waals surface area contributed by atoms with Gasteiger partial charge in [-0.15, -0.1) is 0 Å². The highest BCUT2D eigenvalue weighted by Crippen LogP contribution is 2.32. The molecule has 0 aromatic heterocycles. The van der Waals surface area contributed by atoms with Gasteiger partial charge in [-0.3, -0.25) is 29.0 Å². The fraction of sp³-hybridized carbons (Fsp3) is 0.429. The van der Waals surface area contributed by atoms with Crippen molar-refractivity contribution in [1.29, 1.82) is 0 Å². The van der Waals surface area contributed by atoms with Gasteiger partial charge in [-0.2, -0.15) is 0 Å². The van der Waals surface area contributed by atoms with E-state index in [1.807, 2.05) is 18.2 Å². The Morgan fingerprint density at radius 1 is 0.949 bits per heavy atom. The molecule has 0 saturated carbocycles. The number of carbonyl (C=O) groups excluding carboxylic acids is 4. The van der Waals surface area contributed by atoms with E-state index < -0.39 is 6.04 Å². The van der Waals surface area contributed by atoms with Crippen LogP contribution in [0, 0.1) is 0 Å². The van der Waals surface area contributed by atoms with Crippen LogP contribution in [0.4, 0.5) is 5.69 Å². The molecule has 0 spiro atoms. The maximum Gasteiger partial charge on any atom is 0.243 e. The van der Waals surface area contributed by atoms with E-state index in [1.54, 1.807) is 24.3 Å². The Labute approximate surface area is 227 Å². The van der Waals surface area contributed by atoms with E-state index in [1.165, 1.54) is 11.8 Å². The van der Waals surface area contributed by atoms with Crippen LogP contribution in [0.3, 0.4) is 0 Å². The molecule has 11 heteroatoms. The largest absolute Gasteiger partial charge is 0.454 e. The Morgan fingerprint density at radius 3 is 2.41 bits per heavy atom. The molecule has 3 amide bonds. The maximum absolute atomic E-state index is 13.2. The zero-order valence-electron chi connectivity index (χ0n) is 22.0. The van der Waals surface area contributed by atoms with Crippen LogP contribution in [-0.2, 0) is 20.9 Å². The third kappa shape index (κ3) is 6.55. The molecule has 2 fully saturated rings. The number of amides is 3. The summed E-state index contributed by atoms with van der Waals surface area (Å²) >= 11 is 0. The van der Waals surface area contributed by atoms with Crippen LogP contribution in [0.25, 0.3) is 0 Å². The second-order valence-corrected chi connectivity index (χ2v) is 10.0. The lowest BCUT2D eigenvalue weighted by Crippen LogP contribution is -2.60. The van der Waals surface area contributed by atoms with Crippen LogP contribution in [0.2, 0.25) is 0 Å². The SMILES string of the molecule is CC(=O)c1ccc(NC(=O)C[C@@H]2C(=O)NCCN2C(=O)CN2CCN(Cc3ccc4c(c3)OCO4)CC2)cc1. The molecule has 3 aliphatic heterocycles. The lowest BCUT2D eigenvalue weighted by molar-refractivity contribution is -0.145. The van der Waals surface area contributed by atoms with Gasteiger partial charge in [-0.05, 0) is 48.9 Å². The van der Waals surface area contributed by atoms with Gasteiger partial charge < -0.3 is 25.0 Å². The summed E-state index contributed by atoms with van der Waals surface area (Å²) in [4.78, 5) is 56.0. The maximum atomic E-state index is 13.2. The van der Waals surface area contributed by atoms with Crippen molar-refractivity contribution in [3.8, 4) is 11.5 Å². The Balaban J connectivity index is 1.11. The van der Waals surface area contributed by atoms with Crippen molar-refractivity contribution < 1.29 is 28.7 Å². The molecule has 206 valence electrons. The van der Waals surface area contributed by atoms with E-state index in [9.17, 15) is 19.2 Å². The smallest absolute Gasteiger partial charge is 0.243 e. The number of carbonyl (C=O) groups is 4. The fourth-order valence-corrected chi connectivity index (χ4v) is 5.08. The summed E-state index contributed by atoms with van der Waals surface area (Å²) in [7, 11) is 0. The summed E-state index contributed by atoms with van der Waals surface area (Å²) in [6.07, 6.45) is -0.144. The zero-order chi connectivity index (χ0) is 27.4. The molecule has 0 bridgehead atoms. The van der Waals surface area contributed by atoms with Crippen LogP contribution in [0.1, 0.15) is 29.3 Å². The predicted molar refractivity (Wildman–Crippen MR) is 142 cm³/mol. The van der Waals surface area contributed by atoms with Crippen LogP contribution in [0.5, 0.6) is 11.5 Å². The quantitative estimate of drug-likeness (QED) is 0.482. The van der Waals surface area contributed by atoms with E-state index >= 15 is 0 Å². The van der Waals surface area contributed by atoms with Crippen molar-refractivity contribution in [1.82, 2.24) is 20.0 Å². The number of Topliss-reactive ketones (excluding diaryl/α,β-unsaturated/α-hetero) is 1. The topological polar surface area (TPSA) is 121 Å². The first-order valence-electron chi connectivity index (χ1n) is 13.2. The Bertz CT molecular complexity index is 1240. The van der Waals surface area contributed by atoms with Crippen molar-refractivity contribution in [2.24, 2.45) is 0 Å². The molecule has 0 aliphatic carbocycles. The molecule has 5 rings (SSSR count). The number of hydrogen-bond acceptors (Lipinski definition) is 8. The lowest BCUT2D eigenvalue weighted by Gasteiger charge is -2.38. The number of rotatable bonds is 8. The molecule has 11 nitrogen and oxygen atoms in total. The first kappa shape index (κ1) is 26.6. The van der Waals surface area contributed by atoms with Crippen LogP contribution < -0.4 is 20.1 Å². The first-order chi connectivity index (χ1) is 18.9. The van der Waals surface area contributed by atoms with E-state index in [0.717, 1.165) is 49.8 Å². The first-order valence-corrected chi connectivity index (χ1v) is 13.2. The molecule has 2 saturated heterocycles. The molecule has 2 aromatic carbocycles. The van der Waals surface area contributed by atoms with Crippen LogP contribution >= 0.6 is 0 Å². The van der Waals surface area contributed by atoms with Crippen molar-refractivity contribution >= 4 is 29.2 Å². The van der Waals surface area contributed by atoms with Crippen molar-refractivity contribution in [3.63, 3.8) is 0 Å². The molecule has 0 unspecified atom stereocenters. The molecule has 2 aromatic rings. The summed E-state index contributed by atoms with van der Waals surface area (Å²) in [5, 5.41) is 5.52. The molecule has 39 heavy (non-hydrogen) atoms. The van der Waals surface area contributed by atoms with E-state index in [2.05, 4.69) is 20.4 Å². The fourth-order valence-electron chi connectivity index (χ4n) is 5.08. The number of benzene rings is 2. The number of ketones is 1. The second kappa shape index (κ2) is 11.8. The minimum absolute atomic E-state index is 0.0629. The van der Waals surface area contributed by atoms with Crippen molar-refractivity contribution in [2.45, 2.75) is 25.9 Å². The summed E-state index contributed by atoms with van der Waals surface area (Å²) < 4.78 is 10.9. The second-order valence-electron chi connectivity index (χ2n) is 10.0. The highest BCUT2D eigenvalue weighted by atomic mass is 16.7. The molecular formula is C28H33N5O6. The standard InChI is InChI=1S/C28H33N5O6/c1-19(34)21-3-5-22(6-4-21)30-26(35)15-23-28(37)29-8-9-33(23)27(36)17-32-12-10-31(11-13-32)16-20-2-7-24-25(14-20)39-18-38-24/h2-7,14,23H,8-13,15-18H2,1H3,(H,29,37)(H,30,35)/t23-/m1/s1. The highest BCUT2D eigenvalue weighted by Gasteiger charge is 2.35. The zero-order valence-corrected chi connectivity index (χ0v) is 22.0. The minimum atomic E-state index is -0.866. The van der Waals surface area contributed by atoms with E-state index in [0.29, 0.717) is 24.3 Å². The van der Waals surface area contributed by atoms with Crippen LogP contribution in [0.15, 0.2) is 42.5 Å². The van der Waals surface area contributed by atoms with Gasteiger partial charge in [-0.1, -0.05) is 6.07 Å².